The van der Waals surface area contributed by atoms with Crippen molar-refractivity contribution in [2.75, 3.05) is 5.32 Å². The van der Waals surface area contributed by atoms with Crippen molar-refractivity contribution < 1.29 is 13.2 Å². The Kier molecular flexibility index (Phi) is 5.59. The first-order valence-electron chi connectivity index (χ1n) is 8.02. The molecule has 0 unspecified atom stereocenters. The Morgan fingerprint density at radius 3 is 2.41 bits per heavy atom. The van der Waals surface area contributed by atoms with Crippen molar-refractivity contribution >= 4 is 33.0 Å². The lowest BCUT2D eigenvalue weighted by Gasteiger charge is -2.10. The van der Waals surface area contributed by atoms with Gasteiger partial charge in [-0.2, -0.15) is 0 Å². The number of benzene rings is 1. The number of thiazole rings is 1. The molecule has 0 atom stereocenters. The third-order valence-electron chi connectivity index (χ3n) is 3.31. The molecule has 140 valence electrons. The van der Waals surface area contributed by atoms with Gasteiger partial charge in [-0.1, -0.05) is 0 Å². The monoisotopic (exact) mass is 403 g/mol. The largest absolute Gasteiger partial charge is 0.321 e. The summed E-state index contributed by atoms with van der Waals surface area (Å²) in [6.45, 7) is 3.49. The average Bonchev–Trinajstić information content (AvgIpc) is 3.12. The van der Waals surface area contributed by atoms with E-state index < -0.39 is 15.9 Å². The Hall–Kier alpha value is -2.69. The number of amides is 1. The number of nitrogens with zero attached hydrogens (tertiary/aromatic N) is 3. The lowest BCUT2D eigenvalue weighted by atomic mass is 10.3. The zero-order valence-corrected chi connectivity index (χ0v) is 16.2. The average molecular weight is 403 g/mol. The van der Waals surface area contributed by atoms with Crippen LogP contribution in [-0.2, 0) is 10.0 Å². The van der Waals surface area contributed by atoms with Crippen molar-refractivity contribution in [2.45, 2.75) is 24.8 Å². The van der Waals surface area contributed by atoms with Crippen LogP contribution in [0.3, 0.4) is 0 Å². The van der Waals surface area contributed by atoms with Crippen molar-refractivity contribution in [1.82, 2.24) is 19.7 Å². The van der Waals surface area contributed by atoms with Gasteiger partial charge in [-0.25, -0.2) is 28.1 Å². The summed E-state index contributed by atoms with van der Waals surface area (Å²) in [5.41, 5.74) is 0.703. The highest BCUT2D eigenvalue weighted by Gasteiger charge is 2.16. The molecule has 0 aliphatic carbocycles. The number of carbonyl (C=O) groups is 1. The first-order chi connectivity index (χ1) is 12.8. The fourth-order valence-electron chi connectivity index (χ4n) is 2.18. The van der Waals surface area contributed by atoms with Gasteiger partial charge in [-0.05, 0) is 44.2 Å². The molecule has 10 heteroatoms. The van der Waals surface area contributed by atoms with E-state index in [2.05, 4.69) is 25.0 Å². The first-order valence-corrected chi connectivity index (χ1v) is 10.4. The predicted molar refractivity (Wildman–Crippen MR) is 103 cm³/mol. The van der Waals surface area contributed by atoms with Gasteiger partial charge in [-0.15, -0.1) is 11.3 Å². The quantitative estimate of drug-likeness (QED) is 0.654. The molecule has 2 N–H and O–H groups in total. The number of rotatable bonds is 6. The Balaban J connectivity index is 1.71. The molecule has 0 radical (unpaired) electrons. The summed E-state index contributed by atoms with van der Waals surface area (Å²) in [6.07, 6.45) is 3.21. The standard InChI is InChI=1S/C17H17N5O3S2/c1-11(2)22-27(24,25)13-6-4-12(5-7-13)20-16(23)14-10-26-17(21-14)15-18-8-3-9-19-15/h3-11,22H,1-2H3,(H,20,23). The van der Waals surface area contributed by atoms with Gasteiger partial charge in [-0.3, -0.25) is 4.79 Å². The fraction of sp³-hybridized carbons (Fsp3) is 0.176. The molecule has 0 aliphatic heterocycles. The van der Waals surface area contributed by atoms with Gasteiger partial charge in [0, 0.05) is 29.5 Å². The van der Waals surface area contributed by atoms with Gasteiger partial charge in [0.25, 0.3) is 5.91 Å². The Morgan fingerprint density at radius 2 is 1.78 bits per heavy atom. The lowest BCUT2D eigenvalue weighted by molar-refractivity contribution is 0.102. The number of hydrogen-bond acceptors (Lipinski definition) is 7. The maximum Gasteiger partial charge on any atom is 0.275 e. The number of sulfonamides is 1. The van der Waals surface area contributed by atoms with Crippen molar-refractivity contribution in [2.24, 2.45) is 0 Å². The second kappa shape index (κ2) is 7.91. The van der Waals surface area contributed by atoms with Crippen LogP contribution in [0.5, 0.6) is 0 Å². The van der Waals surface area contributed by atoms with Crippen LogP contribution in [0.4, 0.5) is 5.69 Å². The molecule has 0 saturated carbocycles. The van der Waals surface area contributed by atoms with Crippen LogP contribution in [0.1, 0.15) is 24.3 Å². The number of aromatic nitrogens is 3. The number of nitrogens with one attached hydrogen (secondary N) is 2. The number of anilines is 1. The Bertz CT molecular complexity index is 1030. The van der Waals surface area contributed by atoms with Gasteiger partial charge >= 0.3 is 0 Å². The van der Waals surface area contributed by atoms with Gasteiger partial charge in [0.1, 0.15) is 5.69 Å². The van der Waals surface area contributed by atoms with Gasteiger partial charge in [0.05, 0.1) is 4.90 Å². The van der Waals surface area contributed by atoms with Crippen LogP contribution in [0.2, 0.25) is 0 Å². The lowest BCUT2D eigenvalue weighted by Crippen LogP contribution is -2.30. The summed E-state index contributed by atoms with van der Waals surface area (Å²) in [5.74, 6) is 0.0538. The van der Waals surface area contributed by atoms with Crippen LogP contribution >= 0.6 is 11.3 Å². The zero-order valence-electron chi connectivity index (χ0n) is 14.6. The second-order valence-electron chi connectivity index (χ2n) is 5.86. The SMILES string of the molecule is CC(C)NS(=O)(=O)c1ccc(NC(=O)c2csc(-c3ncccn3)n2)cc1. The molecule has 27 heavy (non-hydrogen) atoms. The molecule has 0 bridgehead atoms. The normalized spacial score (nSPS) is 11.5. The van der Waals surface area contributed by atoms with Crippen molar-refractivity contribution in [1.29, 1.82) is 0 Å². The van der Waals surface area contributed by atoms with E-state index in [4.69, 9.17) is 0 Å². The molecule has 0 fully saturated rings. The van der Waals surface area contributed by atoms with E-state index in [9.17, 15) is 13.2 Å². The summed E-state index contributed by atoms with van der Waals surface area (Å²) in [4.78, 5) is 24.9. The highest BCUT2D eigenvalue weighted by atomic mass is 32.2. The maximum atomic E-state index is 12.3. The number of carbonyl (C=O) groups excluding carboxylic acids is 1. The van der Waals surface area contributed by atoms with Crippen molar-refractivity contribution in [3.63, 3.8) is 0 Å². The van der Waals surface area contributed by atoms with Crippen molar-refractivity contribution in [3.8, 4) is 10.8 Å². The molecule has 1 aromatic carbocycles. The molecule has 0 aliphatic rings. The van der Waals surface area contributed by atoms with E-state index in [1.54, 1.807) is 37.7 Å². The van der Waals surface area contributed by atoms with E-state index in [0.29, 0.717) is 16.5 Å². The Labute approximate surface area is 160 Å². The summed E-state index contributed by atoms with van der Waals surface area (Å²) in [5, 5.41) is 4.85. The Morgan fingerprint density at radius 1 is 1.11 bits per heavy atom. The smallest absolute Gasteiger partial charge is 0.275 e. The third kappa shape index (κ3) is 4.73. The molecule has 0 saturated heterocycles. The van der Waals surface area contributed by atoms with Gasteiger partial charge in [0.2, 0.25) is 10.0 Å². The molecular weight excluding hydrogens is 386 g/mol. The minimum atomic E-state index is -3.57. The molecular formula is C17H17N5O3S2. The van der Waals surface area contributed by atoms with Gasteiger partial charge in [0.15, 0.2) is 10.8 Å². The van der Waals surface area contributed by atoms with Gasteiger partial charge < -0.3 is 5.32 Å². The molecule has 1 amide bonds. The maximum absolute atomic E-state index is 12.3. The van der Waals surface area contributed by atoms with Crippen LogP contribution in [0.15, 0.2) is 53.0 Å². The summed E-state index contributed by atoms with van der Waals surface area (Å²) >= 11 is 1.27. The zero-order chi connectivity index (χ0) is 19.4. The molecule has 2 heterocycles. The van der Waals surface area contributed by atoms with E-state index in [1.165, 1.54) is 35.6 Å². The molecule has 0 spiro atoms. The minimum absolute atomic E-state index is 0.131. The van der Waals surface area contributed by atoms with Crippen LogP contribution < -0.4 is 10.0 Å². The first kappa shape index (κ1) is 19.1. The van der Waals surface area contributed by atoms with Crippen molar-refractivity contribution in [3.05, 3.63) is 53.8 Å². The third-order valence-corrected chi connectivity index (χ3v) is 5.82. The second-order valence-corrected chi connectivity index (χ2v) is 8.44. The van der Waals surface area contributed by atoms with Crippen LogP contribution in [-0.4, -0.2) is 35.3 Å². The highest BCUT2D eigenvalue weighted by Crippen LogP contribution is 2.21. The topological polar surface area (TPSA) is 114 Å². The summed E-state index contributed by atoms with van der Waals surface area (Å²) in [6, 6.07) is 7.42. The minimum Gasteiger partial charge on any atom is -0.321 e. The summed E-state index contributed by atoms with van der Waals surface area (Å²) < 4.78 is 26.7. The molecule has 3 aromatic rings. The molecule has 3 rings (SSSR count). The van der Waals surface area contributed by atoms with E-state index in [-0.39, 0.29) is 16.6 Å². The summed E-state index contributed by atoms with van der Waals surface area (Å²) in [7, 11) is -3.57. The fourth-order valence-corrected chi connectivity index (χ4v) is 4.18. The van der Waals surface area contributed by atoms with E-state index >= 15 is 0 Å². The van der Waals surface area contributed by atoms with Crippen LogP contribution in [0, 0.1) is 0 Å². The molecule has 2 aromatic heterocycles. The predicted octanol–water partition coefficient (Wildman–Crippen LogP) is 2.54. The molecule has 8 nitrogen and oxygen atoms in total. The van der Waals surface area contributed by atoms with E-state index in [0.717, 1.165) is 0 Å². The van der Waals surface area contributed by atoms with Crippen LogP contribution in [0.25, 0.3) is 10.8 Å². The van der Waals surface area contributed by atoms with E-state index in [1.807, 2.05) is 0 Å². The highest BCUT2D eigenvalue weighted by molar-refractivity contribution is 7.89. The number of hydrogen-bond donors (Lipinski definition) is 2.